The Balaban J connectivity index is 1.62. The van der Waals surface area contributed by atoms with Crippen molar-refractivity contribution >= 4 is 53.8 Å². The fourth-order valence-electron chi connectivity index (χ4n) is 4.14. The molecule has 0 saturated heterocycles. The Hall–Kier alpha value is -2.99. The first-order chi connectivity index (χ1) is 16.7. The zero-order chi connectivity index (χ0) is 24.9. The normalized spacial score (nSPS) is 12.6. The summed E-state index contributed by atoms with van der Waals surface area (Å²) >= 11 is 11.3. The average molecular weight is 573 g/mol. The Morgan fingerprint density at radius 1 is 1.00 bits per heavy atom. The summed E-state index contributed by atoms with van der Waals surface area (Å²) in [5.74, 6) is -2.74. The number of carbonyl (C=O) groups excluding carboxylic acids is 2. The number of carbonyl (C=O) groups is 2. The Labute approximate surface area is 215 Å². The van der Waals surface area contributed by atoms with E-state index in [2.05, 4.69) is 5.10 Å². The summed E-state index contributed by atoms with van der Waals surface area (Å²) in [4.78, 5) is 25.1. The van der Waals surface area contributed by atoms with E-state index in [0.29, 0.717) is 34.7 Å². The molecule has 0 aliphatic heterocycles. The molecule has 1 heterocycles. The van der Waals surface area contributed by atoms with Crippen LogP contribution >= 0.6 is 23.2 Å². The second-order valence-electron chi connectivity index (χ2n) is 7.91. The molecule has 5 rings (SSSR count). The van der Waals surface area contributed by atoms with Gasteiger partial charge in [-0.15, -0.1) is 0 Å². The summed E-state index contributed by atoms with van der Waals surface area (Å²) < 4.78 is 29.7. The monoisotopic (exact) mass is 572 g/mol. The Bertz CT molecular complexity index is 1540. The number of hydrogen-bond acceptors (Lipinski definition) is 3. The molecule has 0 fully saturated rings. The predicted octanol–water partition coefficient (Wildman–Crippen LogP) is 4.49. The molecule has 1 radical (unpaired) electrons. The zero-order valence-corrected chi connectivity index (χ0v) is 21.2. The molecule has 35 heavy (non-hydrogen) atoms. The Kier molecular flexibility index (Phi) is 6.26. The van der Waals surface area contributed by atoms with Gasteiger partial charge in [0.1, 0.15) is 0 Å². The van der Waals surface area contributed by atoms with Gasteiger partial charge in [-0.2, -0.15) is 0 Å². The number of rotatable bonds is 5. The van der Waals surface area contributed by atoms with E-state index in [4.69, 9.17) is 28.9 Å². The number of primary amides is 1. The molecule has 4 aromatic rings. The van der Waals surface area contributed by atoms with Gasteiger partial charge in [0, 0.05) is 0 Å². The summed E-state index contributed by atoms with van der Waals surface area (Å²) in [6.07, 6.45) is 1.14. The number of fused-ring (bicyclic) bond motifs is 3. The van der Waals surface area contributed by atoms with Crippen LogP contribution in [0.2, 0.25) is 10.0 Å². The summed E-state index contributed by atoms with van der Waals surface area (Å²) in [6, 6.07) is 14.0. The summed E-state index contributed by atoms with van der Waals surface area (Å²) in [7, 11) is 0. The third-order valence-corrected chi connectivity index (χ3v) is 8.65. The van der Waals surface area contributed by atoms with Gasteiger partial charge < -0.3 is 0 Å². The molecule has 0 atom stereocenters. The fourth-order valence-corrected chi connectivity index (χ4v) is 6.53. The van der Waals surface area contributed by atoms with Crippen LogP contribution in [0.5, 0.6) is 0 Å². The van der Waals surface area contributed by atoms with Crippen LogP contribution in [0.4, 0.5) is 8.78 Å². The van der Waals surface area contributed by atoms with Crippen molar-refractivity contribution in [2.75, 3.05) is 0 Å². The first-order valence-corrected chi connectivity index (χ1v) is 13.1. The van der Waals surface area contributed by atoms with Crippen molar-refractivity contribution < 1.29 is 18.4 Å². The van der Waals surface area contributed by atoms with E-state index >= 15 is 0 Å². The molecule has 3 aromatic carbocycles. The molecule has 1 amide bonds. The maximum atomic E-state index is 14.0. The minimum atomic E-state index is -1.04. The van der Waals surface area contributed by atoms with E-state index in [-0.39, 0.29) is 21.0 Å². The molecule has 0 unspecified atom stereocenters. The molecule has 1 aliphatic carbocycles. The van der Waals surface area contributed by atoms with Gasteiger partial charge in [-0.05, 0) is 0 Å². The first-order valence-electron chi connectivity index (χ1n) is 10.4. The molecular weight excluding hydrogens is 558 g/mol. The molecule has 175 valence electrons. The van der Waals surface area contributed by atoms with Gasteiger partial charge in [-0.3, -0.25) is 0 Å². The van der Waals surface area contributed by atoms with Crippen LogP contribution in [0.1, 0.15) is 32.0 Å². The number of nitrogens with two attached hydrogens (primary N) is 1. The SMILES string of the molecule is NC(=O)c1nn(-c2ccc(F)c(F)c2)c2c1CCc1ccc([As]C(=O)c3cccc(Cl)c3Cl)cc1-2. The Morgan fingerprint density at radius 3 is 2.54 bits per heavy atom. The van der Waals surface area contributed by atoms with E-state index < -0.39 is 33.3 Å². The molecule has 1 aliphatic rings. The van der Waals surface area contributed by atoms with Gasteiger partial charge in [0.05, 0.1) is 0 Å². The van der Waals surface area contributed by atoms with Gasteiger partial charge >= 0.3 is 216 Å². The predicted molar refractivity (Wildman–Crippen MR) is 131 cm³/mol. The van der Waals surface area contributed by atoms with Gasteiger partial charge in [-0.25, -0.2) is 0 Å². The van der Waals surface area contributed by atoms with Crippen LogP contribution in [-0.4, -0.2) is 36.0 Å². The number of halogens is 4. The standard InChI is InChI=1S/C25H15AsCl2F2N3O2/c27-18-3-1-2-15(21(18)28)24(34)26-13-6-4-12-5-8-16-22(25(31)35)32-33(23(16)17(12)10-13)14-7-9-19(29)20(30)11-14/h1-4,6-7,9-11H,5,8H2,(H2,31,35). The quantitative estimate of drug-likeness (QED) is 0.358. The third kappa shape index (κ3) is 4.29. The first kappa shape index (κ1) is 23.7. The van der Waals surface area contributed by atoms with Crippen LogP contribution in [0.25, 0.3) is 16.9 Å². The van der Waals surface area contributed by atoms with Gasteiger partial charge in [0.25, 0.3) is 0 Å². The zero-order valence-electron chi connectivity index (χ0n) is 17.9. The summed E-state index contributed by atoms with van der Waals surface area (Å²) in [5.41, 5.74) is 9.21. The van der Waals surface area contributed by atoms with E-state index in [1.54, 1.807) is 18.2 Å². The minimum absolute atomic E-state index is 0.0795. The van der Waals surface area contributed by atoms with Crippen molar-refractivity contribution in [1.82, 2.24) is 9.78 Å². The Morgan fingerprint density at radius 2 is 1.80 bits per heavy atom. The van der Waals surface area contributed by atoms with Crippen LogP contribution < -0.4 is 10.1 Å². The number of aromatic nitrogens is 2. The molecule has 0 spiro atoms. The maximum absolute atomic E-state index is 14.0. The van der Waals surface area contributed by atoms with E-state index in [1.807, 2.05) is 18.2 Å². The van der Waals surface area contributed by atoms with Crippen molar-refractivity contribution in [3.05, 3.63) is 98.7 Å². The van der Waals surface area contributed by atoms with Crippen LogP contribution in [0, 0.1) is 11.6 Å². The molecule has 0 bridgehead atoms. The second kappa shape index (κ2) is 9.23. The second-order valence-corrected chi connectivity index (χ2v) is 11.1. The van der Waals surface area contributed by atoms with Gasteiger partial charge in [0.15, 0.2) is 0 Å². The van der Waals surface area contributed by atoms with Crippen molar-refractivity contribution in [2.45, 2.75) is 12.8 Å². The molecule has 2 N–H and O–H groups in total. The van der Waals surface area contributed by atoms with Gasteiger partial charge in [0.2, 0.25) is 0 Å². The summed E-state index contributed by atoms with van der Waals surface area (Å²) in [5, 5.41) is 4.88. The topological polar surface area (TPSA) is 78.0 Å². The van der Waals surface area contributed by atoms with Crippen LogP contribution in [-0.2, 0) is 12.8 Å². The van der Waals surface area contributed by atoms with Crippen LogP contribution in [0.15, 0.2) is 54.6 Å². The molecular formula is C25H15AsCl2F2N3O2. The van der Waals surface area contributed by atoms with Crippen molar-refractivity contribution in [3.8, 4) is 16.9 Å². The van der Waals surface area contributed by atoms with E-state index in [9.17, 15) is 18.4 Å². The molecule has 1 aromatic heterocycles. The van der Waals surface area contributed by atoms with Crippen LogP contribution in [0.3, 0.4) is 0 Å². The number of hydrogen-bond donors (Lipinski definition) is 1. The fraction of sp³-hybridized carbons (Fsp3) is 0.0800. The average Bonchev–Trinajstić information content (AvgIpc) is 3.23. The molecule has 0 saturated carbocycles. The number of benzene rings is 3. The van der Waals surface area contributed by atoms with Gasteiger partial charge in [-0.1, -0.05) is 0 Å². The van der Waals surface area contributed by atoms with Crippen molar-refractivity contribution in [2.24, 2.45) is 5.73 Å². The van der Waals surface area contributed by atoms with E-state index in [1.165, 1.54) is 10.7 Å². The van der Waals surface area contributed by atoms with E-state index in [0.717, 1.165) is 27.6 Å². The summed E-state index contributed by atoms with van der Waals surface area (Å²) in [6.45, 7) is 0. The van der Waals surface area contributed by atoms with Crippen molar-refractivity contribution in [3.63, 3.8) is 0 Å². The number of aryl methyl sites for hydroxylation is 1. The number of amides is 1. The molecule has 10 heteroatoms. The molecule has 5 nitrogen and oxygen atoms in total. The third-order valence-electron chi connectivity index (χ3n) is 5.77. The number of nitrogens with zero attached hydrogens (tertiary/aromatic N) is 2. The van der Waals surface area contributed by atoms with Crippen molar-refractivity contribution in [1.29, 1.82) is 0 Å².